The summed E-state index contributed by atoms with van der Waals surface area (Å²) >= 11 is 4.96. The molecule has 0 spiro atoms. The standard InChI is InChI=1S/C18H17N3O7S/c1-2-7-20-17(25)13(16(24)19-18(20)29)10-11-9-12(5-6-14(11)21(26)27)28-8-3-4-15(22)23/h2,5-6,9-10H,1,3-4,7-8H2,(H,22,23)(H,19,24,29). The van der Waals surface area contributed by atoms with Crippen molar-refractivity contribution in [1.29, 1.82) is 0 Å². The smallest absolute Gasteiger partial charge is 0.303 e. The van der Waals surface area contributed by atoms with E-state index in [4.69, 9.17) is 22.1 Å². The maximum atomic E-state index is 12.6. The van der Waals surface area contributed by atoms with E-state index in [0.717, 1.165) is 11.0 Å². The Bertz CT molecular complexity index is 926. The van der Waals surface area contributed by atoms with Crippen LogP contribution in [0, 0.1) is 10.1 Å². The van der Waals surface area contributed by atoms with Crippen LogP contribution in [0.2, 0.25) is 0 Å². The summed E-state index contributed by atoms with van der Waals surface area (Å²) in [5, 5.41) is 22.2. The molecule has 0 aliphatic carbocycles. The summed E-state index contributed by atoms with van der Waals surface area (Å²) in [6, 6.07) is 3.83. The number of ether oxygens (including phenoxy) is 1. The predicted molar refractivity (Wildman–Crippen MR) is 106 cm³/mol. The highest BCUT2D eigenvalue weighted by atomic mass is 32.1. The molecular weight excluding hydrogens is 402 g/mol. The number of carbonyl (C=O) groups is 3. The van der Waals surface area contributed by atoms with Gasteiger partial charge in [-0.15, -0.1) is 6.58 Å². The number of thiocarbonyl (C=S) groups is 1. The van der Waals surface area contributed by atoms with Crippen LogP contribution in [0.5, 0.6) is 5.75 Å². The number of hydrogen-bond donors (Lipinski definition) is 2. The number of carboxylic acid groups (broad SMARTS) is 1. The van der Waals surface area contributed by atoms with E-state index in [1.54, 1.807) is 0 Å². The van der Waals surface area contributed by atoms with Gasteiger partial charge in [-0.3, -0.25) is 34.7 Å². The summed E-state index contributed by atoms with van der Waals surface area (Å²) < 4.78 is 5.41. The van der Waals surface area contributed by atoms with Crippen LogP contribution >= 0.6 is 12.2 Å². The summed E-state index contributed by atoms with van der Waals surface area (Å²) in [5.41, 5.74) is -0.679. The highest BCUT2D eigenvalue weighted by Gasteiger charge is 2.33. The van der Waals surface area contributed by atoms with Gasteiger partial charge in [0.05, 0.1) is 17.1 Å². The number of carbonyl (C=O) groups excluding carboxylic acids is 2. The highest BCUT2D eigenvalue weighted by Crippen LogP contribution is 2.27. The van der Waals surface area contributed by atoms with Crippen LogP contribution in [0.25, 0.3) is 6.08 Å². The average Bonchev–Trinajstić information content (AvgIpc) is 2.65. The van der Waals surface area contributed by atoms with Crippen LogP contribution < -0.4 is 10.1 Å². The van der Waals surface area contributed by atoms with Gasteiger partial charge in [-0.05, 0) is 36.8 Å². The lowest BCUT2D eigenvalue weighted by Crippen LogP contribution is -2.53. The Hall–Kier alpha value is -3.60. The monoisotopic (exact) mass is 419 g/mol. The Labute approximate surface area is 170 Å². The SMILES string of the molecule is C=CCN1C(=O)C(=Cc2cc(OCCCC(=O)O)ccc2[N+](=O)[O-])C(=O)NC1=S. The lowest BCUT2D eigenvalue weighted by molar-refractivity contribution is -0.385. The normalized spacial score (nSPS) is 15.2. The Morgan fingerprint density at radius 3 is 2.76 bits per heavy atom. The Balaban J connectivity index is 2.35. The topological polar surface area (TPSA) is 139 Å². The van der Waals surface area contributed by atoms with E-state index >= 15 is 0 Å². The van der Waals surface area contributed by atoms with E-state index in [-0.39, 0.29) is 53.7 Å². The van der Waals surface area contributed by atoms with Crippen LogP contribution in [-0.4, -0.2) is 51.0 Å². The number of nitrogens with zero attached hydrogens (tertiary/aromatic N) is 2. The first-order valence-corrected chi connectivity index (χ1v) is 8.78. The number of nitro benzene ring substituents is 1. The first-order chi connectivity index (χ1) is 13.7. The fourth-order valence-electron chi connectivity index (χ4n) is 2.46. The molecule has 11 heteroatoms. The van der Waals surface area contributed by atoms with Gasteiger partial charge in [-0.25, -0.2) is 0 Å². The third-order valence-corrected chi connectivity index (χ3v) is 4.12. The largest absolute Gasteiger partial charge is 0.494 e. The molecule has 2 rings (SSSR count). The number of rotatable bonds is 9. The third-order valence-electron chi connectivity index (χ3n) is 3.80. The summed E-state index contributed by atoms with van der Waals surface area (Å²) in [6.45, 7) is 3.66. The van der Waals surface area contributed by atoms with Crippen molar-refractivity contribution in [3.05, 3.63) is 52.1 Å². The minimum Gasteiger partial charge on any atom is -0.494 e. The second-order valence-electron chi connectivity index (χ2n) is 5.85. The minimum absolute atomic E-state index is 0.0180. The van der Waals surface area contributed by atoms with Crippen molar-refractivity contribution in [3.8, 4) is 5.75 Å². The fourth-order valence-corrected chi connectivity index (χ4v) is 2.71. The van der Waals surface area contributed by atoms with Crippen molar-refractivity contribution >= 4 is 46.9 Å². The van der Waals surface area contributed by atoms with E-state index < -0.39 is 22.7 Å². The Kier molecular flexibility index (Phi) is 7.15. The van der Waals surface area contributed by atoms with E-state index in [0.29, 0.717) is 0 Å². The first-order valence-electron chi connectivity index (χ1n) is 8.37. The first kappa shape index (κ1) is 21.7. The van der Waals surface area contributed by atoms with Gasteiger partial charge in [0.2, 0.25) is 0 Å². The van der Waals surface area contributed by atoms with Gasteiger partial charge in [-0.1, -0.05) is 6.08 Å². The van der Waals surface area contributed by atoms with Crippen LogP contribution in [-0.2, 0) is 14.4 Å². The highest BCUT2D eigenvalue weighted by molar-refractivity contribution is 7.80. The van der Waals surface area contributed by atoms with Crippen molar-refractivity contribution in [2.45, 2.75) is 12.8 Å². The maximum Gasteiger partial charge on any atom is 0.303 e. The third kappa shape index (κ3) is 5.45. The van der Waals surface area contributed by atoms with Crippen LogP contribution in [0.15, 0.2) is 36.4 Å². The average molecular weight is 419 g/mol. The van der Waals surface area contributed by atoms with Gasteiger partial charge in [0, 0.05) is 19.0 Å². The van der Waals surface area contributed by atoms with Gasteiger partial charge < -0.3 is 9.84 Å². The van der Waals surface area contributed by atoms with Crippen molar-refractivity contribution in [1.82, 2.24) is 10.2 Å². The molecule has 1 heterocycles. The minimum atomic E-state index is -0.966. The number of carboxylic acids is 1. The van der Waals surface area contributed by atoms with Gasteiger partial charge in [0.25, 0.3) is 17.5 Å². The lowest BCUT2D eigenvalue weighted by atomic mass is 10.1. The van der Waals surface area contributed by atoms with Crippen molar-refractivity contribution in [3.63, 3.8) is 0 Å². The molecule has 0 saturated carbocycles. The zero-order chi connectivity index (χ0) is 21.6. The summed E-state index contributed by atoms with van der Waals surface area (Å²) in [7, 11) is 0. The number of amides is 2. The van der Waals surface area contributed by atoms with Gasteiger partial charge >= 0.3 is 5.97 Å². The molecule has 2 amide bonds. The second-order valence-corrected chi connectivity index (χ2v) is 6.23. The summed E-state index contributed by atoms with van der Waals surface area (Å²) in [6.07, 6.45) is 2.68. The molecule has 152 valence electrons. The zero-order valence-electron chi connectivity index (χ0n) is 15.1. The maximum absolute atomic E-state index is 12.6. The molecule has 1 aliphatic rings. The molecule has 0 radical (unpaired) electrons. The number of nitrogens with one attached hydrogen (secondary N) is 1. The summed E-state index contributed by atoms with van der Waals surface area (Å²) in [5.74, 6) is -2.22. The lowest BCUT2D eigenvalue weighted by Gasteiger charge is -2.27. The van der Waals surface area contributed by atoms with Crippen molar-refractivity contribution in [2.24, 2.45) is 0 Å². The number of aliphatic carboxylic acids is 1. The molecule has 1 fully saturated rings. The Morgan fingerprint density at radius 2 is 2.14 bits per heavy atom. The summed E-state index contributed by atoms with van der Waals surface area (Å²) in [4.78, 5) is 47.1. The van der Waals surface area contributed by atoms with Gasteiger partial charge in [-0.2, -0.15) is 0 Å². The molecule has 1 aromatic rings. The molecule has 0 aromatic heterocycles. The number of nitro groups is 1. The second kappa shape index (κ2) is 9.55. The molecule has 0 bridgehead atoms. The molecule has 10 nitrogen and oxygen atoms in total. The van der Waals surface area contributed by atoms with Crippen molar-refractivity contribution in [2.75, 3.05) is 13.2 Å². The molecule has 1 aliphatic heterocycles. The molecule has 29 heavy (non-hydrogen) atoms. The molecule has 1 saturated heterocycles. The molecule has 0 atom stereocenters. The van der Waals surface area contributed by atoms with Gasteiger partial charge in [0.1, 0.15) is 11.3 Å². The fraction of sp³-hybridized carbons (Fsp3) is 0.222. The van der Waals surface area contributed by atoms with Crippen LogP contribution in [0.4, 0.5) is 5.69 Å². The zero-order valence-corrected chi connectivity index (χ0v) is 15.9. The predicted octanol–water partition coefficient (Wildman–Crippen LogP) is 1.65. The molecule has 1 aromatic carbocycles. The van der Waals surface area contributed by atoms with E-state index in [1.807, 2.05) is 0 Å². The Morgan fingerprint density at radius 1 is 1.41 bits per heavy atom. The van der Waals surface area contributed by atoms with E-state index in [9.17, 15) is 24.5 Å². The molecular formula is C18H17N3O7S. The number of benzene rings is 1. The van der Waals surface area contributed by atoms with E-state index in [2.05, 4.69) is 11.9 Å². The van der Waals surface area contributed by atoms with Crippen LogP contribution in [0.1, 0.15) is 18.4 Å². The van der Waals surface area contributed by atoms with Crippen LogP contribution in [0.3, 0.4) is 0 Å². The molecule has 2 N–H and O–H groups in total. The molecule has 0 unspecified atom stereocenters. The van der Waals surface area contributed by atoms with Crippen molar-refractivity contribution < 1.29 is 29.2 Å². The quantitative estimate of drug-likeness (QED) is 0.117. The van der Waals surface area contributed by atoms with Gasteiger partial charge in [0.15, 0.2) is 5.11 Å². The van der Waals surface area contributed by atoms with E-state index in [1.165, 1.54) is 24.3 Å². The number of hydrogen-bond acceptors (Lipinski definition) is 7.